The van der Waals surface area contributed by atoms with Crippen LogP contribution in [0.25, 0.3) is 22.2 Å². The number of H-pyrrole nitrogens is 1. The van der Waals surface area contributed by atoms with E-state index in [1.165, 1.54) is 6.20 Å². The number of aromatic amines is 1. The van der Waals surface area contributed by atoms with Gasteiger partial charge in [0.2, 0.25) is 0 Å². The number of ether oxygens (including phenoxy) is 1. The maximum absolute atomic E-state index is 12.2. The fourth-order valence-electron chi connectivity index (χ4n) is 1.87. The Morgan fingerprint density at radius 1 is 1.19 bits per heavy atom. The molecule has 0 saturated carbocycles. The van der Waals surface area contributed by atoms with E-state index in [0.29, 0.717) is 21.8 Å². The monoisotopic (exact) mass is 330 g/mol. The first-order valence-corrected chi connectivity index (χ1v) is 6.41. The van der Waals surface area contributed by atoms with Crippen LogP contribution in [0.2, 0.25) is 10.2 Å². The number of halogens is 4. The molecular formula is C12H6Cl2F2N4O. The van der Waals surface area contributed by atoms with E-state index in [1.54, 1.807) is 18.3 Å². The second kappa shape index (κ2) is 5.42. The lowest BCUT2D eigenvalue weighted by molar-refractivity contribution is -0.0530. The molecule has 0 radical (unpaired) electrons. The van der Waals surface area contributed by atoms with Gasteiger partial charge < -0.3 is 4.74 Å². The Morgan fingerprint density at radius 3 is 2.71 bits per heavy atom. The van der Waals surface area contributed by atoms with E-state index < -0.39 is 12.5 Å². The highest BCUT2D eigenvalue weighted by Crippen LogP contribution is 2.32. The molecule has 5 nitrogen and oxygen atoms in total. The molecule has 0 atom stereocenters. The van der Waals surface area contributed by atoms with Gasteiger partial charge in [-0.2, -0.15) is 13.9 Å². The van der Waals surface area contributed by atoms with Gasteiger partial charge >= 0.3 is 6.61 Å². The van der Waals surface area contributed by atoms with Crippen LogP contribution in [0.4, 0.5) is 8.78 Å². The molecule has 0 unspecified atom stereocenters. The van der Waals surface area contributed by atoms with Crippen LogP contribution >= 0.6 is 23.2 Å². The summed E-state index contributed by atoms with van der Waals surface area (Å²) in [6.45, 7) is -3.02. The quantitative estimate of drug-likeness (QED) is 0.790. The summed E-state index contributed by atoms with van der Waals surface area (Å²) in [5, 5.41) is 7.65. The molecule has 1 aromatic carbocycles. The van der Waals surface area contributed by atoms with Crippen molar-refractivity contribution in [2.75, 3.05) is 0 Å². The van der Waals surface area contributed by atoms with E-state index in [4.69, 9.17) is 23.2 Å². The molecule has 3 aromatic rings. The Bertz CT molecular complexity index is 809. The second-order valence-corrected chi connectivity index (χ2v) is 4.75. The van der Waals surface area contributed by atoms with Crippen molar-refractivity contribution in [1.29, 1.82) is 0 Å². The summed E-state index contributed by atoms with van der Waals surface area (Å²) in [6, 6.07) is 3.38. The molecule has 0 aliphatic heterocycles. The molecule has 0 saturated heterocycles. The van der Waals surface area contributed by atoms with E-state index in [1.807, 2.05) is 0 Å². The molecule has 0 aliphatic rings. The van der Waals surface area contributed by atoms with Gasteiger partial charge in [-0.15, -0.1) is 0 Å². The fourth-order valence-corrected chi connectivity index (χ4v) is 2.27. The van der Waals surface area contributed by atoms with E-state index in [0.717, 1.165) is 5.39 Å². The Hall–Kier alpha value is -1.99. The maximum Gasteiger partial charge on any atom is 0.388 e. The van der Waals surface area contributed by atoms with Gasteiger partial charge in [-0.3, -0.25) is 5.10 Å². The Balaban J connectivity index is 2.09. The summed E-state index contributed by atoms with van der Waals surface area (Å²) in [7, 11) is 0. The fraction of sp³-hybridized carbons (Fsp3) is 0.0833. The van der Waals surface area contributed by atoms with Gasteiger partial charge in [-0.05, 0) is 6.07 Å². The molecule has 3 rings (SSSR count). The van der Waals surface area contributed by atoms with Crippen LogP contribution in [0.15, 0.2) is 24.5 Å². The predicted octanol–water partition coefficient (Wildman–Crippen LogP) is 3.93. The zero-order valence-electron chi connectivity index (χ0n) is 10.1. The average Bonchev–Trinajstić information content (AvgIpc) is 2.91. The van der Waals surface area contributed by atoms with Gasteiger partial charge in [0, 0.05) is 10.9 Å². The number of hydrogen-bond acceptors (Lipinski definition) is 4. The lowest BCUT2D eigenvalue weighted by Gasteiger charge is -2.07. The zero-order chi connectivity index (χ0) is 15.0. The van der Waals surface area contributed by atoms with Crippen molar-refractivity contribution in [3.05, 3.63) is 34.7 Å². The van der Waals surface area contributed by atoms with Crippen molar-refractivity contribution in [2.24, 2.45) is 0 Å². The summed E-state index contributed by atoms with van der Waals surface area (Å²) in [4.78, 5) is 7.76. The summed E-state index contributed by atoms with van der Waals surface area (Å²) in [5.74, 6) is -0.423. The number of nitrogens with zero attached hydrogens (tertiary/aromatic N) is 3. The minimum Gasteiger partial charge on any atom is -0.414 e. The SMILES string of the molecule is FC(F)Oc1ncc(-c2ccc(Cl)c3[nH]ncc23)nc1Cl. The number of nitrogens with one attached hydrogen (secondary N) is 1. The van der Waals surface area contributed by atoms with Crippen LogP contribution in [0, 0.1) is 0 Å². The van der Waals surface area contributed by atoms with Crippen molar-refractivity contribution in [1.82, 2.24) is 20.2 Å². The molecule has 108 valence electrons. The molecule has 2 aromatic heterocycles. The molecule has 0 aliphatic carbocycles. The van der Waals surface area contributed by atoms with Crippen LogP contribution in [-0.4, -0.2) is 26.8 Å². The van der Waals surface area contributed by atoms with Crippen LogP contribution in [0.5, 0.6) is 5.88 Å². The highest BCUT2D eigenvalue weighted by Gasteiger charge is 2.15. The summed E-state index contributed by atoms with van der Waals surface area (Å²) >= 11 is 11.8. The Kier molecular flexibility index (Phi) is 3.60. The van der Waals surface area contributed by atoms with Crippen LogP contribution in [0.1, 0.15) is 0 Å². The molecule has 2 heterocycles. The maximum atomic E-state index is 12.2. The summed E-state index contributed by atoms with van der Waals surface area (Å²) in [6.07, 6.45) is 2.87. The van der Waals surface area contributed by atoms with E-state index in [2.05, 4.69) is 24.9 Å². The van der Waals surface area contributed by atoms with Crippen molar-refractivity contribution in [2.45, 2.75) is 6.61 Å². The smallest absolute Gasteiger partial charge is 0.388 e. The van der Waals surface area contributed by atoms with Gasteiger partial charge in [0.1, 0.15) is 0 Å². The zero-order valence-corrected chi connectivity index (χ0v) is 11.7. The van der Waals surface area contributed by atoms with Crippen molar-refractivity contribution < 1.29 is 13.5 Å². The number of hydrogen-bond donors (Lipinski definition) is 1. The third-order valence-electron chi connectivity index (χ3n) is 2.74. The Morgan fingerprint density at radius 2 is 2.00 bits per heavy atom. The van der Waals surface area contributed by atoms with Crippen molar-refractivity contribution in [3.8, 4) is 17.1 Å². The first-order valence-electron chi connectivity index (χ1n) is 5.65. The molecule has 21 heavy (non-hydrogen) atoms. The highest BCUT2D eigenvalue weighted by atomic mass is 35.5. The van der Waals surface area contributed by atoms with Gasteiger partial charge in [-0.1, -0.05) is 29.3 Å². The van der Waals surface area contributed by atoms with Crippen LogP contribution < -0.4 is 4.74 Å². The van der Waals surface area contributed by atoms with Crippen molar-refractivity contribution in [3.63, 3.8) is 0 Å². The topological polar surface area (TPSA) is 63.7 Å². The molecular weight excluding hydrogens is 325 g/mol. The van der Waals surface area contributed by atoms with Gasteiger partial charge in [-0.25, -0.2) is 9.97 Å². The lowest BCUT2D eigenvalue weighted by Crippen LogP contribution is -2.05. The average molecular weight is 331 g/mol. The van der Waals surface area contributed by atoms with Crippen LogP contribution in [-0.2, 0) is 0 Å². The van der Waals surface area contributed by atoms with Crippen LogP contribution in [0.3, 0.4) is 0 Å². The standard InChI is InChI=1S/C12H6Cl2F2N4O/c13-7-2-1-5(6-3-18-20-9(6)7)8-4-17-11(10(14)19-8)21-12(15)16/h1-4,12H,(H,18,20). The van der Waals surface area contributed by atoms with E-state index in [9.17, 15) is 8.78 Å². The number of benzene rings is 1. The lowest BCUT2D eigenvalue weighted by atomic mass is 10.1. The molecule has 0 fully saturated rings. The predicted molar refractivity (Wildman–Crippen MR) is 73.8 cm³/mol. The third kappa shape index (κ3) is 2.62. The van der Waals surface area contributed by atoms with E-state index in [-0.39, 0.29) is 5.15 Å². The molecule has 0 amide bonds. The largest absolute Gasteiger partial charge is 0.414 e. The summed E-state index contributed by atoms with van der Waals surface area (Å²) < 4.78 is 28.5. The minimum atomic E-state index is -3.02. The van der Waals surface area contributed by atoms with E-state index >= 15 is 0 Å². The number of alkyl halides is 2. The normalized spacial score (nSPS) is 11.3. The molecule has 0 spiro atoms. The second-order valence-electron chi connectivity index (χ2n) is 3.98. The molecule has 9 heteroatoms. The van der Waals surface area contributed by atoms with Gasteiger partial charge in [0.15, 0.2) is 5.15 Å². The number of aromatic nitrogens is 4. The van der Waals surface area contributed by atoms with Gasteiger partial charge in [0.05, 0.1) is 28.6 Å². The number of rotatable bonds is 3. The highest BCUT2D eigenvalue weighted by molar-refractivity contribution is 6.35. The summed E-state index contributed by atoms with van der Waals surface area (Å²) in [5.41, 5.74) is 1.70. The molecule has 1 N–H and O–H groups in total. The third-order valence-corrected chi connectivity index (χ3v) is 3.30. The first kappa shape index (κ1) is 14.0. The minimum absolute atomic E-state index is 0.251. The Labute approximate surface area is 126 Å². The van der Waals surface area contributed by atoms with Crippen molar-refractivity contribution >= 4 is 34.1 Å². The first-order chi connectivity index (χ1) is 10.1. The van der Waals surface area contributed by atoms with Gasteiger partial charge in [0.25, 0.3) is 5.88 Å². The number of fused-ring (bicyclic) bond motifs is 1. The molecule has 0 bridgehead atoms.